The maximum absolute atomic E-state index is 13.6. The minimum atomic E-state index is -3.70. The van der Waals surface area contributed by atoms with Gasteiger partial charge in [0.05, 0.1) is 10.8 Å². The highest BCUT2D eigenvalue weighted by molar-refractivity contribution is 7.89. The van der Waals surface area contributed by atoms with E-state index in [4.69, 9.17) is 0 Å². The lowest BCUT2D eigenvalue weighted by atomic mass is 9.65. The average molecular weight is 480 g/mol. The molecular weight excluding hydrogens is 454 g/mol. The normalized spacial score (nSPS) is 23.9. The van der Waals surface area contributed by atoms with Crippen LogP contribution in [0.4, 0.5) is 0 Å². The van der Waals surface area contributed by atoms with E-state index in [1.165, 1.54) is 4.31 Å². The Labute approximate surface area is 206 Å². The molecule has 35 heavy (non-hydrogen) atoms. The molecule has 0 amide bonds. The number of carbonyl (C=O) groups is 1. The Balaban J connectivity index is 1.49. The fourth-order valence-electron chi connectivity index (χ4n) is 5.68. The molecule has 5 heteroatoms. The summed E-state index contributed by atoms with van der Waals surface area (Å²) in [6.45, 7) is 2.40. The van der Waals surface area contributed by atoms with E-state index in [-0.39, 0.29) is 23.8 Å². The topological polar surface area (TPSA) is 54.5 Å². The lowest BCUT2D eigenvalue weighted by Gasteiger charge is -2.36. The predicted octanol–water partition coefficient (Wildman–Crippen LogP) is 5.29. The standard InChI is InChI=1S/C30H25NO3S/c1-21-12-14-26(15-13-21)35(33,34)31-19-25-17-28(32)29-27(23-10-6-3-7-11-23)16-24(18-30(25,29)20-31)22-8-4-2-5-9-22/h2-18,29H,19-20H2,1H3. The van der Waals surface area contributed by atoms with Crippen LogP contribution in [0.25, 0.3) is 11.1 Å². The SMILES string of the molecule is Cc1ccc(S(=O)(=O)N2CC3=CC(=O)C4C(c5ccccc5)=CC(c5ccccc5)=CC34C2)cc1. The maximum Gasteiger partial charge on any atom is 0.243 e. The number of nitrogens with zero attached hydrogens (tertiary/aromatic N) is 1. The summed E-state index contributed by atoms with van der Waals surface area (Å²) >= 11 is 0. The second-order valence-electron chi connectivity index (χ2n) is 9.56. The molecule has 0 N–H and O–H groups in total. The molecule has 1 fully saturated rings. The molecule has 3 aromatic carbocycles. The molecule has 174 valence electrons. The van der Waals surface area contributed by atoms with Crippen molar-refractivity contribution in [1.82, 2.24) is 4.31 Å². The fraction of sp³-hybridized carbons (Fsp3) is 0.167. The summed E-state index contributed by atoms with van der Waals surface area (Å²) in [5.41, 5.74) is 5.18. The first-order chi connectivity index (χ1) is 16.9. The van der Waals surface area contributed by atoms with Crippen LogP contribution in [0, 0.1) is 18.3 Å². The Morgan fingerprint density at radius 1 is 0.829 bits per heavy atom. The van der Waals surface area contributed by atoms with Gasteiger partial charge in [-0.2, -0.15) is 4.31 Å². The first-order valence-electron chi connectivity index (χ1n) is 11.8. The molecule has 3 aliphatic rings. The van der Waals surface area contributed by atoms with Crippen molar-refractivity contribution in [3.63, 3.8) is 0 Å². The third-order valence-electron chi connectivity index (χ3n) is 7.41. The summed E-state index contributed by atoms with van der Waals surface area (Å²) in [7, 11) is -3.70. The quantitative estimate of drug-likeness (QED) is 0.511. The summed E-state index contributed by atoms with van der Waals surface area (Å²) in [5, 5.41) is 0. The van der Waals surface area contributed by atoms with Gasteiger partial charge in [-0.25, -0.2) is 8.42 Å². The highest BCUT2D eigenvalue weighted by atomic mass is 32.2. The number of carbonyl (C=O) groups excluding carboxylic acids is 1. The van der Waals surface area contributed by atoms with Crippen LogP contribution in [0.15, 0.2) is 114 Å². The molecule has 6 rings (SSSR count). The molecule has 0 radical (unpaired) electrons. The number of hydrogen-bond donors (Lipinski definition) is 0. The van der Waals surface area contributed by atoms with E-state index in [1.54, 1.807) is 18.2 Å². The van der Waals surface area contributed by atoms with E-state index < -0.39 is 21.4 Å². The van der Waals surface area contributed by atoms with Gasteiger partial charge in [-0.05, 0) is 53.0 Å². The third-order valence-corrected chi connectivity index (χ3v) is 9.21. The minimum Gasteiger partial charge on any atom is -0.294 e. The van der Waals surface area contributed by atoms with Crippen molar-refractivity contribution in [1.29, 1.82) is 0 Å². The zero-order chi connectivity index (χ0) is 24.2. The van der Waals surface area contributed by atoms with Gasteiger partial charge in [0, 0.05) is 18.5 Å². The van der Waals surface area contributed by atoms with Gasteiger partial charge in [0.15, 0.2) is 5.78 Å². The average Bonchev–Trinajstić information content (AvgIpc) is 3.36. The Morgan fingerprint density at radius 3 is 2.11 bits per heavy atom. The Kier molecular flexibility index (Phi) is 5.02. The Hall–Kier alpha value is -3.54. The molecule has 2 aliphatic carbocycles. The molecule has 1 spiro atoms. The summed E-state index contributed by atoms with van der Waals surface area (Å²) in [5.74, 6) is -0.392. The third kappa shape index (κ3) is 3.46. The van der Waals surface area contributed by atoms with E-state index in [0.717, 1.165) is 33.4 Å². The highest BCUT2D eigenvalue weighted by Gasteiger charge is 2.57. The van der Waals surface area contributed by atoms with Gasteiger partial charge >= 0.3 is 0 Å². The van der Waals surface area contributed by atoms with Crippen LogP contribution in [0.3, 0.4) is 0 Å². The van der Waals surface area contributed by atoms with E-state index in [1.807, 2.05) is 67.6 Å². The molecule has 0 saturated carbocycles. The molecular formula is C30H25NO3S. The Bertz CT molecular complexity index is 1520. The van der Waals surface area contributed by atoms with E-state index in [0.29, 0.717) is 0 Å². The van der Waals surface area contributed by atoms with Crippen molar-refractivity contribution in [3.05, 3.63) is 125 Å². The highest BCUT2D eigenvalue weighted by Crippen LogP contribution is 2.57. The smallest absolute Gasteiger partial charge is 0.243 e. The number of rotatable bonds is 4. The molecule has 4 nitrogen and oxygen atoms in total. The lowest BCUT2D eigenvalue weighted by Crippen LogP contribution is -2.38. The van der Waals surface area contributed by atoms with Crippen molar-refractivity contribution in [3.8, 4) is 0 Å². The molecule has 1 aliphatic heterocycles. The zero-order valence-corrected chi connectivity index (χ0v) is 20.2. The molecule has 0 bridgehead atoms. The molecule has 1 heterocycles. The number of benzene rings is 3. The number of sulfonamides is 1. The van der Waals surface area contributed by atoms with Gasteiger partial charge in [0.1, 0.15) is 0 Å². The number of aryl methyl sites for hydroxylation is 1. The van der Waals surface area contributed by atoms with Gasteiger partial charge in [-0.3, -0.25) is 4.79 Å². The molecule has 3 aromatic rings. The van der Waals surface area contributed by atoms with Gasteiger partial charge in [-0.15, -0.1) is 0 Å². The van der Waals surface area contributed by atoms with Crippen molar-refractivity contribution in [2.75, 3.05) is 13.1 Å². The van der Waals surface area contributed by atoms with E-state index in [2.05, 4.69) is 24.3 Å². The van der Waals surface area contributed by atoms with Gasteiger partial charge in [-0.1, -0.05) is 90.5 Å². The fourth-order valence-corrected chi connectivity index (χ4v) is 7.15. The van der Waals surface area contributed by atoms with Crippen molar-refractivity contribution >= 4 is 27.0 Å². The Morgan fingerprint density at radius 2 is 1.46 bits per heavy atom. The zero-order valence-electron chi connectivity index (χ0n) is 19.4. The van der Waals surface area contributed by atoms with Crippen molar-refractivity contribution in [2.45, 2.75) is 11.8 Å². The maximum atomic E-state index is 13.6. The second-order valence-corrected chi connectivity index (χ2v) is 11.5. The summed E-state index contributed by atoms with van der Waals surface area (Å²) in [6, 6.07) is 27.0. The molecule has 2 atom stereocenters. The lowest BCUT2D eigenvalue weighted by molar-refractivity contribution is -0.117. The van der Waals surface area contributed by atoms with Crippen LogP contribution in [-0.4, -0.2) is 31.6 Å². The molecule has 1 saturated heterocycles. The van der Waals surface area contributed by atoms with Crippen LogP contribution in [-0.2, 0) is 14.8 Å². The van der Waals surface area contributed by atoms with Crippen molar-refractivity contribution in [2.24, 2.45) is 11.3 Å². The second kappa shape index (κ2) is 8.01. The van der Waals surface area contributed by atoms with E-state index >= 15 is 0 Å². The van der Waals surface area contributed by atoms with Crippen LogP contribution >= 0.6 is 0 Å². The summed E-state index contributed by atoms with van der Waals surface area (Å²) < 4.78 is 28.8. The predicted molar refractivity (Wildman–Crippen MR) is 138 cm³/mol. The number of ketones is 1. The van der Waals surface area contributed by atoms with E-state index in [9.17, 15) is 13.2 Å². The number of allylic oxidation sites excluding steroid dienone is 4. The largest absolute Gasteiger partial charge is 0.294 e. The van der Waals surface area contributed by atoms with Gasteiger partial charge in [0.25, 0.3) is 0 Å². The monoisotopic (exact) mass is 479 g/mol. The van der Waals surface area contributed by atoms with Crippen LogP contribution in [0.2, 0.25) is 0 Å². The minimum absolute atomic E-state index is 0.0471. The molecule has 2 unspecified atom stereocenters. The van der Waals surface area contributed by atoms with Gasteiger partial charge < -0.3 is 0 Å². The summed E-state index contributed by atoms with van der Waals surface area (Å²) in [4.78, 5) is 13.7. The van der Waals surface area contributed by atoms with Crippen molar-refractivity contribution < 1.29 is 13.2 Å². The summed E-state index contributed by atoms with van der Waals surface area (Å²) in [6.07, 6.45) is 5.93. The first-order valence-corrected chi connectivity index (χ1v) is 13.2. The first kappa shape index (κ1) is 22.0. The molecule has 0 aromatic heterocycles. The number of hydrogen-bond acceptors (Lipinski definition) is 3. The van der Waals surface area contributed by atoms with Crippen LogP contribution in [0.5, 0.6) is 0 Å². The van der Waals surface area contributed by atoms with Crippen LogP contribution < -0.4 is 0 Å². The van der Waals surface area contributed by atoms with Gasteiger partial charge in [0.2, 0.25) is 10.0 Å². The van der Waals surface area contributed by atoms with Crippen LogP contribution in [0.1, 0.15) is 16.7 Å².